The van der Waals surface area contributed by atoms with Gasteiger partial charge in [0.05, 0.1) is 0 Å². The van der Waals surface area contributed by atoms with Crippen LogP contribution in [0.4, 0.5) is 5.69 Å². The monoisotopic (exact) mass is 202 g/mol. The number of para-hydroxylation sites is 1. The molecule has 1 aromatic carbocycles. The second kappa shape index (κ2) is 2.76. The maximum atomic E-state index is 6.06. The van der Waals surface area contributed by atoms with Crippen LogP contribution in [0.25, 0.3) is 0 Å². The smallest absolute Gasteiger partial charge is 0.0415 e. The largest absolute Gasteiger partial charge is 0.384 e. The van der Waals surface area contributed by atoms with E-state index in [-0.39, 0.29) is 5.41 Å². The average Bonchev–Trinajstić information content (AvgIpc) is 2.69. The van der Waals surface area contributed by atoms with Gasteiger partial charge in [-0.25, -0.2) is 0 Å². The van der Waals surface area contributed by atoms with Gasteiger partial charge in [-0.05, 0) is 23.5 Å². The van der Waals surface area contributed by atoms with Gasteiger partial charge in [0.1, 0.15) is 0 Å². The third-order valence-electron chi connectivity index (χ3n) is 3.97. The van der Waals surface area contributed by atoms with Crippen LogP contribution in [0.15, 0.2) is 18.2 Å². The van der Waals surface area contributed by atoms with Crippen LogP contribution < -0.4 is 11.1 Å². The SMILES string of the molecule is CC(C)c1cccc2c1NCC21CC1N. The average molecular weight is 202 g/mol. The van der Waals surface area contributed by atoms with Crippen molar-refractivity contribution in [2.24, 2.45) is 5.73 Å². The maximum Gasteiger partial charge on any atom is 0.0415 e. The number of anilines is 1. The molecule has 0 bridgehead atoms. The van der Waals surface area contributed by atoms with Crippen LogP contribution in [-0.2, 0) is 5.41 Å². The van der Waals surface area contributed by atoms with Crippen molar-refractivity contribution in [2.45, 2.75) is 37.6 Å². The zero-order valence-electron chi connectivity index (χ0n) is 9.38. The number of nitrogens with two attached hydrogens (primary N) is 1. The molecule has 1 aromatic rings. The molecule has 1 fully saturated rings. The Kier molecular flexibility index (Phi) is 1.70. The first-order valence-electron chi connectivity index (χ1n) is 5.78. The fourth-order valence-corrected chi connectivity index (χ4v) is 2.85. The number of rotatable bonds is 1. The fraction of sp³-hybridized carbons (Fsp3) is 0.538. The van der Waals surface area contributed by atoms with Crippen molar-refractivity contribution in [3.8, 4) is 0 Å². The molecular formula is C13H18N2. The van der Waals surface area contributed by atoms with Gasteiger partial charge in [-0.1, -0.05) is 32.0 Å². The minimum absolute atomic E-state index is 0.278. The van der Waals surface area contributed by atoms with Gasteiger partial charge >= 0.3 is 0 Å². The van der Waals surface area contributed by atoms with Crippen LogP contribution in [-0.4, -0.2) is 12.6 Å². The summed E-state index contributed by atoms with van der Waals surface area (Å²) < 4.78 is 0. The number of nitrogens with one attached hydrogen (secondary N) is 1. The minimum Gasteiger partial charge on any atom is -0.384 e. The second-order valence-electron chi connectivity index (χ2n) is 5.24. The van der Waals surface area contributed by atoms with Crippen molar-refractivity contribution in [3.63, 3.8) is 0 Å². The molecule has 1 spiro atoms. The van der Waals surface area contributed by atoms with Gasteiger partial charge in [0.2, 0.25) is 0 Å². The summed E-state index contributed by atoms with van der Waals surface area (Å²) in [5, 5.41) is 3.55. The van der Waals surface area contributed by atoms with Crippen molar-refractivity contribution in [2.75, 3.05) is 11.9 Å². The number of hydrogen-bond acceptors (Lipinski definition) is 2. The van der Waals surface area contributed by atoms with E-state index in [1.807, 2.05) is 0 Å². The molecule has 0 saturated heterocycles. The highest BCUT2D eigenvalue weighted by atomic mass is 15.0. The molecule has 1 aliphatic carbocycles. The Balaban J connectivity index is 2.12. The molecule has 2 aliphatic rings. The lowest BCUT2D eigenvalue weighted by molar-refractivity contribution is 0.733. The van der Waals surface area contributed by atoms with Crippen LogP contribution in [0, 0.1) is 0 Å². The lowest BCUT2D eigenvalue weighted by Crippen LogP contribution is -2.20. The first-order valence-corrected chi connectivity index (χ1v) is 5.78. The molecule has 1 saturated carbocycles. The van der Waals surface area contributed by atoms with E-state index in [9.17, 15) is 0 Å². The molecule has 2 nitrogen and oxygen atoms in total. The normalized spacial score (nSPS) is 31.9. The van der Waals surface area contributed by atoms with Gasteiger partial charge in [-0.3, -0.25) is 0 Å². The molecule has 15 heavy (non-hydrogen) atoms. The van der Waals surface area contributed by atoms with Crippen LogP contribution in [0.3, 0.4) is 0 Å². The van der Waals surface area contributed by atoms with Crippen molar-refractivity contribution in [3.05, 3.63) is 29.3 Å². The summed E-state index contributed by atoms with van der Waals surface area (Å²) in [7, 11) is 0. The highest BCUT2D eigenvalue weighted by Gasteiger charge is 2.57. The van der Waals surface area contributed by atoms with Crippen LogP contribution in [0.2, 0.25) is 0 Å². The minimum atomic E-state index is 0.278. The van der Waals surface area contributed by atoms with Gasteiger partial charge in [-0.2, -0.15) is 0 Å². The molecule has 1 heterocycles. The van der Waals surface area contributed by atoms with Crippen molar-refractivity contribution >= 4 is 5.69 Å². The third-order valence-corrected chi connectivity index (χ3v) is 3.97. The van der Waals surface area contributed by atoms with Crippen LogP contribution in [0.1, 0.15) is 37.3 Å². The summed E-state index contributed by atoms with van der Waals surface area (Å²) >= 11 is 0. The fourth-order valence-electron chi connectivity index (χ4n) is 2.85. The van der Waals surface area contributed by atoms with E-state index in [1.165, 1.54) is 16.8 Å². The molecule has 0 aromatic heterocycles. The zero-order chi connectivity index (χ0) is 10.6. The topological polar surface area (TPSA) is 38.0 Å². The summed E-state index contributed by atoms with van der Waals surface area (Å²) in [5.74, 6) is 0.581. The molecule has 3 N–H and O–H groups in total. The van der Waals surface area contributed by atoms with E-state index >= 15 is 0 Å². The standard InChI is InChI=1S/C13H18N2/c1-8(2)9-4-3-5-10-12(9)15-7-13(10)6-11(13)14/h3-5,8,11,15H,6-7,14H2,1-2H3. The summed E-state index contributed by atoms with van der Waals surface area (Å²) in [6.07, 6.45) is 1.15. The summed E-state index contributed by atoms with van der Waals surface area (Å²) in [4.78, 5) is 0. The quantitative estimate of drug-likeness (QED) is 0.732. The first-order chi connectivity index (χ1) is 7.15. The molecular weight excluding hydrogens is 184 g/mol. The lowest BCUT2D eigenvalue weighted by Gasteiger charge is -2.12. The number of hydrogen-bond donors (Lipinski definition) is 2. The molecule has 3 rings (SSSR count). The third kappa shape index (κ3) is 1.08. The molecule has 0 radical (unpaired) electrons. The Morgan fingerprint density at radius 2 is 2.20 bits per heavy atom. The molecule has 2 atom stereocenters. The number of fused-ring (bicyclic) bond motifs is 2. The Morgan fingerprint density at radius 1 is 1.47 bits per heavy atom. The molecule has 1 aliphatic heterocycles. The van der Waals surface area contributed by atoms with Crippen molar-refractivity contribution in [1.29, 1.82) is 0 Å². The van der Waals surface area contributed by atoms with E-state index in [0.717, 1.165) is 13.0 Å². The predicted molar refractivity (Wildman–Crippen MR) is 63.3 cm³/mol. The van der Waals surface area contributed by atoms with E-state index in [4.69, 9.17) is 5.73 Å². The molecule has 2 unspecified atom stereocenters. The van der Waals surface area contributed by atoms with E-state index in [1.54, 1.807) is 0 Å². The van der Waals surface area contributed by atoms with E-state index < -0.39 is 0 Å². The first kappa shape index (κ1) is 9.22. The summed E-state index contributed by atoms with van der Waals surface area (Å²) in [6, 6.07) is 7.01. The highest BCUT2D eigenvalue weighted by molar-refractivity contribution is 5.69. The lowest BCUT2D eigenvalue weighted by atomic mass is 9.92. The van der Waals surface area contributed by atoms with Gasteiger partial charge in [-0.15, -0.1) is 0 Å². The Morgan fingerprint density at radius 3 is 2.80 bits per heavy atom. The van der Waals surface area contributed by atoms with Gasteiger partial charge < -0.3 is 11.1 Å². The van der Waals surface area contributed by atoms with Gasteiger partial charge in [0.15, 0.2) is 0 Å². The zero-order valence-corrected chi connectivity index (χ0v) is 9.38. The molecule has 80 valence electrons. The van der Waals surface area contributed by atoms with Crippen molar-refractivity contribution < 1.29 is 0 Å². The number of benzene rings is 1. The Labute approximate surface area is 90.9 Å². The summed E-state index contributed by atoms with van der Waals surface area (Å²) in [5.41, 5.74) is 10.6. The van der Waals surface area contributed by atoms with Crippen molar-refractivity contribution in [1.82, 2.24) is 0 Å². The maximum absolute atomic E-state index is 6.06. The van der Waals surface area contributed by atoms with Crippen LogP contribution >= 0.6 is 0 Å². The second-order valence-corrected chi connectivity index (χ2v) is 5.24. The molecule has 2 heteroatoms. The van der Waals surface area contributed by atoms with Crippen LogP contribution in [0.5, 0.6) is 0 Å². The highest BCUT2D eigenvalue weighted by Crippen LogP contribution is 2.54. The van der Waals surface area contributed by atoms with Gasteiger partial charge in [0, 0.05) is 23.7 Å². The van der Waals surface area contributed by atoms with E-state index in [0.29, 0.717) is 12.0 Å². The van der Waals surface area contributed by atoms with E-state index in [2.05, 4.69) is 37.4 Å². The summed E-state index contributed by atoms with van der Waals surface area (Å²) in [6.45, 7) is 5.53. The predicted octanol–water partition coefficient (Wildman–Crippen LogP) is 2.20. The Hall–Kier alpha value is -1.02. The molecule has 0 amide bonds. The Bertz CT molecular complexity index is 411. The van der Waals surface area contributed by atoms with Gasteiger partial charge in [0.25, 0.3) is 0 Å².